The first-order chi connectivity index (χ1) is 10.7. The van der Waals surface area contributed by atoms with E-state index in [4.69, 9.17) is 21.1 Å². The summed E-state index contributed by atoms with van der Waals surface area (Å²) in [6.07, 6.45) is 1.71. The Labute approximate surface area is 160 Å². The first-order valence-electron chi connectivity index (χ1n) is 7.42. The summed E-state index contributed by atoms with van der Waals surface area (Å²) in [4.78, 5) is 4.04. The molecule has 0 saturated carbocycles. The molecular weight excluding hydrogens is 371 g/mol. The van der Waals surface area contributed by atoms with Crippen molar-refractivity contribution >= 4 is 36.4 Å². The molecule has 0 amide bonds. The number of nitrogens with zero attached hydrogens (tertiary/aromatic N) is 1. The van der Waals surface area contributed by atoms with Crippen molar-refractivity contribution in [3.8, 4) is 11.5 Å². The lowest BCUT2D eigenvalue weighted by Gasteiger charge is -2.13. The maximum atomic E-state index is 5.85. The van der Waals surface area contributed by atoms with Crippen LogP contribution in [0.1, 0.15) is 25.0 Å². The van der Waals surface area contributed by atoms with Crippen LogP contribution in [0, 0.1) is 0 Å². The number of ether oxygens (including phenoxy) is 2. The van der Waals surface area contributed by atoms with E-state index in [1.54, 1.807) is 12.3 Å². The van der Waals surface area contributed by atoms with Crippen LogP contribution in [-0.4, -0.2) is 18.1 Å². The molecule has 0 aliphatic heterocycles. The number of nitrogens with one attached hydrogen (secondary N) is 1. The molecule has 1 aromatic heterocycles. The minimum atomic E-state index is 0. The third kappa shape index (κ3) is 7.14. The van der Waals surface area contributed by atoms with E-state index >= 15 is 0 Å². The highest BCUT2D eigenvalue weighted by atomic mass is 35.5. The molecule has 0 atom stereocenters. The molecule has 0 aliphatic rings. The Balaban J connectivity index is 0.00000264. The number of hydrogen-bond acceptors (Lipinski definition) is 4. The van der Waals surface area contributed by atoms with Gasteiger partial charge in [0.1, 0.15) is 11.8 Å². The Morgan fingerprint density at radius 1 is 1.00 bits per heavy atom. The molecule has 1 aromatic carbocycles. The lowest BCUT2D eigenvalue weighted by atomic mass is 10.2. The van der Waals surface area contributed by atoms with Crippen LogP contribution in [0.15, 0.2) is 36.5 Å². The highest BCUT2D eigenvalue weighted by Gasteiger charge is 2.07. The van der Waals surface area contributed by atoms with E-state index in [-0.39, 0.29) is 24.8 Å². The number of rotatable bonds is 8. The van der Waals surface area contributed by atoms with Gasteiger partial charge in [-0.1, -0.05) is 30.7 Å². The van der Waals surface area contributed by atoms with Crippen LogP contribution < -0.4 is 14.8 Å². The van der Waals surface area contributed by atoms with E-state index in [1.807, 2.05) is 31.2 Å². The largest absolute Gasteiger partial charge is 0.490 e. The summed E-state index contributed by atoms with van der Waals surface area (Å²) in [5, 5.41) is 3.78. The molecule has 1 heterocycles. The summed E-state index contributed by atoms with van der Waals surface area (Å²) in [5.74, 6) is 1.50. The molecule has 0 saturated heterocycles. The lowest BCUT2D eigenvalue weighted by molar-refractivity contribution is 0.269. The third-order valence-electron chi connectivity index (χ3n) is 3.07. The van der Waals surface area contributed by atoms with Crippen molar-refractivity contribution in [1.82, 2.24) is 10.3 Å². The molecule has 24 heavy (non-hydrogen) atoms. The zero-order chi connectivity index (χ0) is 15.8. The molecule has 0 bridgehead atoms. The van der Waals surface area contributed by atoms with Crippen molar-refractivity contribution < 1.29 is 9.47 Å². The van der Waals surface area contributed by atoms with Crippen LogP contribution in [0.4, 0.5) is 0 Å². The van der Waals surface area contributed by atoms with Crippen molar-refractivity contribution in [2.45, 2.75) is 27.0 Å². The zero-order valence-corrected chi connectivity index (χ0v) is 16.1. The van der Waals surface area contributed by atoms with Gasteiger partial charge in [0.05, 0.1) is 6.61 Å². The Hall–Kier alpha value is -1.20. The molecule has 4 nitrogen and oxygen atoms in total. The summed E-state index contributed by atoms with van der Waals surface area (Å²) in [6, 6.07) is 9.65. The number of benzene rings is 1. The van der Waals surface area contributed by atoms with Gasteiger partial charge in [-0.2, -0.15) is 0 Å². The standard InChI is InChI=1S/C17H21ClN2O2.2ClH/c1-3-19-10-13-5-7-15(16(9-13)21-4-2)22-12-14-6-8-17(18)20-11-14;;/h5-9,11,19H,3-4,10,12H2,1-2H3;2*1H. The maximum absolute atomic E-state index is 5.85. The van der Waals surface area contributed by atoms with Crippen molar-refractivity contribution in [2.24, 2.45) is 0 Å². The second-order valence-electron chi connectivity index (χ2n) is 4.77. The molecule has 2 aromatic rings. The molecule has 134 valence electrons. The Morgan fingerprint density at radius 3 is 2.38 bits per heavy atom. The Morgan fingerprint density at radius 2 is 1.75 bits per heavy atom. The van der Waals surface area contributed by atoms with Gasteiger partial charge in [-0.3, -0.25) is 0 Å². The van der Waals surface area contributed by atoms with Gasteiger partial charge in [0, 0.05) is 18.3 Å². The summed E-state index contributed by atoms with van der Waals surface area (Å²) < 4.78 is 11.5. The first-order valence-corrected chi connectivity index (χ1v) is 7.80. The average Bonchev–Trinajstić information content (AvgIpc) is 2.54. The van der Waals surface area contributed by atoms with Crippen molar-refractivity contribution in [2.75, 3.05) is 13.2 Å². The number of hydrogen-bond donors (Lipinski definition) is 1. The van der Waals surface area contributed by atoms with Crippen LogP contribution in [0.5, 0.6) is 11.5 Å². The van der Waals surface area contributed by atoms with E-state index in [0.717, 1.165) is 30.2 Å². The van der Waals surface area contributed by atoms with E-state index in [0.29, 0.717) is 18.4 Å². The van der Waals surface area contributed by atoms with Crippen LogP contribution in [-0.2, 0) is 13.2 Å². The minimum Gasteiger partial charge on any atom is -0.490 e. The van der Waals surface area contributed by atoms with Gasteiger partial charge in [0.2, 0.25) is 0 Å². The van der Waals surface area contributed by atoms with E-state index in [9.17, 15) is 0 Å². The van der Waals surface area contributed by atoms with Crippen LogP contribution in [0.2, 0.25) is 5.15 Å². The monoisotopic (exact) mass is 392 g/mol. The highest BCUT2D eigenvalue weighted by Crippen LogP contribution is 2.29. The van der Waals surface area contributed by atoms with Crippen molar-refractivity contribution in [3.63, 3.8) is 0 Å². The van der Waals surface area contributed by atoms with E-state index < -0.39 is 0 Å². The number of aromatic nitrogens is 1. The topological polar surface area (TPSA) is 43.4 Å². The van der Waals surface area contributed by atoms with Gasteiger partial charge in [-0.05, 0) is 37.2 Å². The first kappa shape index (κ1) is 22.8. The van der Waals surface area contributed by atoms with E-state index in [1.165, 1.54) is 5.56 Å². The van der Waals surface area contributed by atoms with Gasteiger partial charge in [0.15, 0.2) is 11.5 Å². The fourth-order valence-electron chi connectivity index (χ4n) is 1.97. The van der Waals surface area contributed by atoms with Gasteiger partial charge >= 0.3 is 0 Å². The molecule has 0 fully saturated rings. The van der Waals surface area contributed by atoms with E-state index in [2.05, 4.69) is 17.2 Å². The van der Waals surface area contributed by atoms with Gasteiger partial charge in [-0.15, -0.1) is 24.8 Å². The lowest BCUT2D eigenvalue weighted by Crippen LogP contribution is -2.12. The SMILES string of the molecule is CCNCc1ccc(OCc2ccc(Cl)nc2)c(OCC)c1.Cl.Cl. The van der Waals surface area contributed by atoms with Gasteiger partial charge in [-0.25, -0.2) is 4.98 Å². The summed E-state index contributed by atoms with van der Waals surface area (Å²) in [6.45, 7) is 6.83. The molecular formula is C17H23Cl3N2O2. The molecule has 7 heteroatoms. The molecule has 2 rings (SSSR count). The summed E-state index contributed by atoms with van der Waals surface area (Å²) >= 11 is 5.78. The Kier molecular flexibility index (Phi) is 11.6. The summed E-state index contributed by atoms with van der Waals surface area (Å²) in [7, 11) is 0. The van der Waals surface area contributed by atoms with Gasteiger partial charge < -0.3 is 14.8 Å². The van der Waals surface area contributed by atoms with Crippen LogP contribution in [0.3, 0.4) is 0 Å². The second-order valence-corrected chi connectivity index (χ2v) is 5.16. The number of halogens is 3. The normalized spacial score (nSPS) is 9.62. The fourth-order valence-corrected chi connectivity index (χ4v) is 2.08. The quantitative estimate of drug-likeness (QED) is 0.662. The summed E-state index contributed by atoms with van der Waals surface area (Å²) in [5.41, 5.74) is 2.13. The molecule has 0 aliphatic carbocycles. The molecule has 1 N–H and O–H groups in total. The minimum absolute atomic E-state index is 0. The predicted molar refractivity (Wildman–Crippen MR) is 103 cm³/mol. The average molecular weight is 394 g/mol. The Bertz CT molecular complexity index is 595. The van der Waals surface area contributed by atoms with Gasteiger partial charge in [0.25, 0.3) is 0 Å². The van der Waals surface area contributed by atoms with Crippen LogP contribution in [0.25, 0.3) is 0 Å². The zero-order valence-electron chi connectivity index (χ0n) is 13.8. The smallest absolute Gasteiger partial charge is 0.161 e. The van der Waals surface area contributed by atoms with Crippen molar-refractivity contribution in [3.05, 3.63) is 52.8 Å². The van der Waals surface area contributed by atoms with Crippen LogP contribution >= 0.6 is 36.4 Å². The molecule has 0 spiro atoms. The molecule has 0 radical (unpaired) electrons. The second kappa shape index (κ2) is 12.2. The fraction of sp³-hybridized carbons (Fsp3) is 0.353. The highest BCUT2D eigenvalue weighted by molar-refractivity contribution is 6.29. The maximum Gasteiger partial charge on any atom is 0.161 e. The van der Waals surface area contributed by atoms with Crippen molar-refractivity contribution in [1.29, 1.82) is 0 Å². The third-order valence-corrected chi connectivity index (χ3v) is 3.29. The molecule has 0 unspecified atom stereocenters. The predicted octanol–water partition coefficient (Wildman–Crippen LogP) is 4.67. The number of pyridine rings is 1.